The number of benzene rings is 2. The Balaban J connectivity index is 1.64. The van der Waals surface area contributed by atoms with Gasteiger partial charge in [0.1, 0.15) is 6.04 Å². The van der Waals surface area contributed by atoms with Gasteiger partial charge in [-0.1, -0.05) is 72.6 Å². The number of aliphatic hydroxyl groups excluding tert-OH is 1. The van der Waals surface area contributed by atoms with Crippen molar-refractivity contribution in [2.75, 3.05) is 24.7 Å². The third kappa shape index (κ3) is 4.49. The van der Waals surface area contributed by atoms with Gasteiger partial charge in [0.25, 0.3) is 5.91 Å². The van der Waals surface area contributed by atoms with Crippen molar-refractivity contribution in [3.8, 4) is 0 Å². The molecule has 40 heavy (non-hydrogen) atoms. The van der Waals surface area contributed by atoms with Crippen molar-refractivity contribution in [1.82, 2.24) is 4.90 Å². The smallest absolute Gasteiger partial charge is 0.310 e. The quantitative estimate of drug-likeness (QED) is 0.231. The summed E-state index contributed by atoms with van der Waals surface area (Å²) >= 11 is 5.37. The first-order valence-electron chi connectivity index (χ1n) is 14.1. The largest absolute Gasteiger partial charge is 0.466 e. The van der Waals surface area contributed by atoms with Crippen LogP contribution in [0.4, 0.5) is 5.69 Å². The molecule has 3 aliphatic rings. The highest BCUT2D eigenvalue weighted by Crippen LogP contribution is 2.68. The number of alkyl halides is 1. The third-order valence-electron chi connectivity index (χ3n) is 8.99. The van der Waals surface area contributed by atoms with E-state index < -0.39 is 28.7 Å². The Morgan fingerprint density at radius 2 is 2.00 bits per heavy atom. The highest BCUT2D eigenvalue weighted by molar-refractivity contribution is 9.09. The summed E-state index contributed by atoms with van der Waals surface area (Å²) in [5.74, 6) is -2.23. The van der Waals surface area contributed by atoms with Gasteiger partial charge in [-0.3, -0.25) is 14.4 Å². The van der Waals surface area contributed by atoms with Gasteiger partial charge in [0.05, 0.1) is 35.8 Å². The number of rotatable bonds is 10. The molecule has 2 aromatic carbocycles. The van der Waals surface area contributed by atoms with Crippen molar-refractivity contribution in [3.63, 3.8) is 0 Å². The van der Waals surface area contributed by atoms with Gasteiger partial charge < -0.3 is 19.6 Å². The molecule has 7 nitrogen and oxygen atoms in total. The number of hydrogen-bond acceptors (Lipinski definition) is 6. The first kappa shape index (κ1) is 29.1. The molecule has 1 spiro atoms. The first-order chi connectivity index (χ1) is 19.2. The molecule has 3 aliphatic heterocycles. The lowest BCUT2D eigenvalue weighted by Crippen LogP contribution is -2.59. The van der Waals surface area contributed by atoms with Crippen molar-refractivity contribution in [1.29, 1.82) is 0 Å². The summed E-state index contributed by atoms with van der Waals surface area (Å²) in [5.41, 5.74) is 0.717. The number of thioether (sulfide) groups is 1. The zero-order valence-electron chi connectivity index (χ0n) is 23.2. The Kier molecular flexibility index (Phi) is 8.37. The predicted octanol–water partition coefficient (Wildman–Crippen LogP) is 4.79. The minimum atomic E-state index is -0.850. The minimum Gasteiger partial charge on any atom is -0.466 e. The Bertz CT molecular complexity index is 1320. The van der Waals surface area contributed by atoms with Gasteiger partial charge in [0.15, 0.2) is 0 Å². The Morgan fingerprint density at radius 1 is 1.27 bits per heavy atom. The number of hydrogen-bond donors (Lipinski definition) is 1. The molecule has 9 heteroatoms. The van der Waals surface area contributed by atoms with Crippen molar-refractivity contribution >= 4 is 61.9 Å². The summed E-state index contributed by atoms with van der Waals surface area (Å²) in [7, 11) is 0. The summed E-state index contributed by atoms with van der Waals surface area (Å²) in [6.07, 6.45) is 2.99. The van der Waals surface area contributed by atoms with Gasteiger partial charge in [-0.05, 0) is 42.2 Å². The zero-order chi connectivity index (χ0) is 28.8. The van der Waals surface area contributed by atoms with E-state index in [1.165, 1.54) is 0 Å². The van der Waals surface area contributed by atoms with Crippen LogP contribution in [0.1, 0.15) is 33.6 Å². The molecule has 214 valence electrons. The molecule has 2 bridgehead atoms. The molecule has 2 amide bonds. The molecular formula is C31H37BrN2O5S. The van der Waals surface area contributed by atoms with Gasteiger partial charge in [-0.25, -0.2) is 0 Å². The maximum atomic E-state index is 14.9. The number of amides is 2. The predicted molar refractivity (Wildman–Crippen MR) is 163 cm³/mol. The summed E-state index contributed by atoms with van der Waals surface area (Å²) in [4.78, 5) is 45.8. The molecule has 0 aliphatic carbocycles. The second-order valence-electron chi connectivity index (χ2n) is 11.1. The Hall–Kier alpha value is -2.36. The van der Waals surface area contributed by atoms with Gasteiger partial charge in [0.2, 0.25) is 5.91 Å². The van der Waals surface area contributed by atoms with Gasteiger partial charge in [-0.15, -0.1) is 18.3 Å². The van der Waals surface area contributed by atoms with E-state index in [2.05, 4.69) is 22.5 Å². The molecule has 3 fully saturated rings. The highest BCUT2D eigenvalue weighted by Gasteiger charge is 2.76. The fourth-order valence-electron chi connectivity index (χ4n) is 6.97. The van der Waals surface area contributed by atoms with Crippen LogP contribution in [-0.4, -0.2) is 74.5 Å². The number of nitrogens with zero attached hydrogens (tertiary/aromatic N) is 2. The SMILES string of the molecule is C=CCN(C(=O)C1N([C@@H](CO)[C@@H](C)CC)C(=O)[C@@H]2[C@@H](C(=O)OCC)[C@@H]3SC12CC3Br)c1ccc2ccccc2c1. The van der Waals surface area contributed by atoms with E-state index in [9.17, 15) is 19.5 Å². The third-order valence-corrected chi connectivity index (χ3v) is 12.2. The van der Waals surface area contributed by atoms with Crippen LogP contribution in [-0.2, 0) is 19.1 Å². The van der Waals surface area contributed by atoms with Crippen LogP contribution in [0.3, 0.4) is 0 Å². The number of esters is 1. The molecule has 3 unspecified atom stereocenters. The number of fused-ring (bicyclic) bond motifs is 2. The lowest BCUT2D eigenvalue weighted by Gasteiger charge is -2.41. The summed E-state index contributed by atoms with van der Waals surface area (Å²) in [6, 6.07) is 12.5. The fourth-order valence-corrected chi connectivity index (χ4v) is 10.6. The van der Waals surface area contributed by atoms with Crippen LogP contribution in [0.15, 0.2) is 55.1 Å². The van der Waals surface area contributed by atoms with Gasteiger partial charge in [-0.2, -0.15) is 0 Å². The Morgan fingerprint density at radius 3 is 2.65 bits per heavy atom. The minimum absolute atomic E-state index is 0.0454. The normalized spacial score (nSPS) is 30.3. The molecule has 1 N–H and O–H groups in total. The lowest BCUT2D eigenvalue weighted by molar-refractivity contribution is -0.154. The number of ether oxygens (including phenoxy) is 1. The van der Waals surface area contributed by atoms with Crippen molar-refractivity contribution in [3.05, 3.63) is 55.1 Å². The molecule has 0 radical (unpaired) electrons. The van der Waals surface area contributed by atoms with Gasteiger partial charge >= 0.3 is 5.97 Å². The van der Waals surface area contributed by atoms with E-state index >= 15 is 0 Å². The number of aliphatic hydroxyl groups is 1. The molecule has 3 saturated heterocycles. The van der Waals surface area contributed by atoms with E-state index in [0.29, 0.717) is 6.42 Å². The summed E-state index contributed by atoms with van der Waals surface area (Å²) in [5, 5.41) is 12.5. The summed E-state index contributed by atoms with van der Waals surface area (Å²) in [6.45, 7) is 9.90. The number of halogens is 1. The molecular weight excluding hydrogens is 592 g/mol. The fraction of sp³-hybridized carbons (Fsp3) is 0.516. The van der Waals surface area contributed by atoms with Crippen LogP contribution in [0.2, 0.25) is 0 Å². The maximum absolute atomic E-state index is 14.9. The van der Waals surface area contributed by atoms with Crippen molar-refractivity contribution in [2.24, 2.45) is 17.8 Å². The monoisotopic (exact) mass is 628 g/mol. The number of carbonyl (C=O) groups excluding carboxylic acids is 3. The molecule has 3 heterocycles. The van der Waals surface area contributed by atoms with Crippen LogP contribution >= 0.6 is 27.7 Å². The molecule has 0 aromatic heterocycles. The topological polar surface area (TPSA) is 87.2 Å². The van der Waals surface area contributed by atoms with E-state index in [1.807, 2.05) is 56.3 Å². The van der Waals surface area contributed by atoms with Crippen molar-refractivity contribution < 1.29 is 24.2 Å². The van der Waals surface area contributed by atoms with E-state index in [1.54, 1.807) is 34.6 Å². The Labute approximate surface area is 248 Å². The van der Waals surface area contributed by atoms with E-state index in [-0.39, 0.29) is 53.5 Å². The highest BCUT2D eigenvalue weighted by atomic mass is 79.9. The molecule has 0 saturated carbocycles. The lowest BCUT2D eigenvalue weighted by atomic mass is 9.71. The maximum Gasteiger partial charge on any atom is 0.310 e. The number of carbonyl (C=O) groups is 3. The second kappa shape index (κ2) is 11.5. The van der Waals surface area contributed by atoms with Crippen molar-refractivity contribution in [2.45, 2.75) is 60.5 Å². The average molecular weight is 630 g/mol. The van der Waals surface area contributed by atoms with E-state index in [0.717, 1.165) is 22.9 Å². The molecule has 2 aromatic rings. The van der Waals surface area contributed by atoms with Crippen LogP contribution in [0.5, 0.6) is 0 Å². The molecule has 5 rings (SSSR count). The average Bonchev–Trinajstić information content (AvgIpc) is 3.55. The van der Waals surface area contributed by atoms with Crippen LogP contribution < -0.4 is 4.90 Å². The standard InChI is InChI=1S/C31H37BrN2O5S/c1-5-14-33(21-13-12-19-10-8-9-11-20(19)15-21)29(37)27-31-16-22(32)26(40-31)24(30(38)39-7-3)25(31)28(36)34(27)23(17-35)18(4)6-2/h5,8-13,15,18,22-27,35H,1,6-7,14,16-17H2,2-4H3/t18-,22?,23-,24+,25-,26+,27?,31?/m0/s1. The van der Waals surface area contributed by atoms with Gasteiger partial charge in [0, 0.05) is 22.3 Å². The number of anilines is 1. The summed E-state index contributed by atoms with van der Waals surface area (Å²) < 4.78 is 4.64. The number of likely N-dealkylation sites (tertiary alicyclic amines) is 1. The molecule has 8 atom stereocenters. The van der Waals surface area contributed by atoms with Crippen LogP contribution in [0.25, 0.3) is 10.8 Å². The van der Waals surface area contributed by atoms with Crippen LogP contribution in [0, 0.1) is 17.8 Å². The second-order valence-corrected chi connectivity index (χ2v) is 13.8. The van der Waals surface area contributed by atoms with E-state index in [4.69, 9.17) is 4.74 Å². The zero-order valence-corrected chi connectivity index (χ0v) is 25.6. The first-order valence-corrected chi connectivity index (χ1v) is 15.9.